The molecule has 0 bridgehead atoms. The average molecular weight is 389 g/mol. The summed E-state index contributed by atoms with van der Waals surface area (Å²) in [6, 6.07) is 15.1. The second-order valence-corrected chi connectivity index (χ2v) is 6.88. The molecule has 2 aromatic carbocycles. The van der Waals surface area contributed by atoms with Crippen molar-refractivity contribution in [2.45, 2.75) is 19.9 Å². The van der Waals surface area contributed by atoms with E-state index in [-0.39, 0.29) is 11.7 Å². The van der Waals surface area contributed by atoms with Crippen LogP contribution >= 0.6 is 0 Å². The zero-order valence-electron chi connectivity index (χ0n) is 16.2. The molecule has 0 N–H and O–H groups in total. The van der Waals surface area contributed by atoms with Crippen molar-refractivity contribution in [3.8, 4) is 11.5 Å². The molecule has 0 aliphatic carbocycles. The molecule has 0 spiro atoms. The zero-order chi connectivity index (χ0) is 20.4. The van der Waals surface area contributed by atoms with E-state index in [1.54, 1.807) is 42.3 Å². The van der Waals surface area contributed by atoms with Crippen molar-refractivity contribution in [3.05, 3.63) is 83.4 Å². The molecule has 2 heterocycles. The fourth-order valence-electron chi connectivity index (χ4n) is 3.10. The van der Waals surface area contributed by atoms with E-state index in [1.165, 1.54) is 12.1 Å². The number of halogens is 1. The van der Waals surface area contributed by atoms with Gasteiger partial charge in [-0.2, -0.15) is 0 Å². The van der Waals surface area contributed by atoms with E-state index in [1.807, 2.05) is 18.3 Å². The van der Waals surface area contributed by atoms with Gasteiger partial charge in [-0.25, -0.2) is 9.37 Å². The third kappa shape index (κ3) is 4.01. The van der Waals surface area contributed by atoms with E-state index in [2.05, 4.69) is 16.9 Å². The number of carbonyl (C=O) groups excluding carboxylic acids is 1. The summed E-state index contributed by atoms with van der Waals surface area (Å²) in [6.07, 6.45) is 2.76. The lowest BCUT2D eigenvalue weighted by Gasteiger charge is -2.17. The summed E-state index contributed by atoms with van der Waals surface area (Å²) >= 11 is 0. The fourth-order valence-corrected chi connectivity index (χ4v) is 3.10. The molecule has 0 aliphatic heterocycles. The smallest absolute Gasteiger partial charge is 0.254 e. The maximum absolute atomic E-state index is 13.5. The van der Waals surface area contributed by atoms with E-state index in [9.17, 15) is 9.18 Å². The van der Waals surface area contributed by atoms with Crippen molar-refractivity contribution in [2.75, 3.05) is 7.05 Å². The Morgan fingerprint density at radius 1 is 1.14 bits per heavy atom. The van der Waals surface area contributed by atoms with Crippen LogP contribution in [-0.2, 0) is 13.0 Å². The van der Waals surface area contributed by atoms with Crippen molar-refractivity contribution >= 4 is 17.0 Å². The summed E-state index contributed by atoms with van der Waals surface area (Å²) < 4.78 is 19.2. The first-order valence-electron chi connectivity index (χ1n) is 9.39. The molecule has 4 rings (SSSR count). The summed E-state index contributed by atoms with van der Waals surface area (Å²) in [4.78, 5) is 23.3. The lowest BCUT2D eigenvalue weighted by atomic mass is 10.1. The van der Waals surface area contributed by atoms with E-state index < -0.39 is 0 Å². The Labute approximate surface area is 167 Å². The molecule has 0 radical (unpaired) electrons. The lowest BCUT2D eigenvalue weighted by Crippen LogP contribution is -2.26. The van der Waals surface area contributed by atoms with Crippen LogP contribution in [0.4, 0.5) is 4.39 Å². The van der Waals surface area contributed by atoms with Gasteiger partial charge in [0.1, 0.15) is 11.3 Å². The highest BCUT2D eigenvalue weighted by molar-refractivity contribution is 5.97. The second-order valence-electron chi connectivity index (χ2n) is 6.88. The van der Waals surface area contributed by atoms with Gasteiger partial charge in [-0.3, -0.25) is 9.78 Å². The molecular weight excluding hydrogens is 369 g/mol. The van der Waals surface area contributed by atoms with Crippen LogP contribution < -0.4 is 0 Å². The van der Waals surface area contributed by atoms with Gasteiger partial charge in [0.05, 0.1) is 12.2 Å². The van der Waals surface area contributed by atoms with Gasteiger partial charge in [0.25, 0.3) is 5.91 Å². The highest BCUT2D eigenvalue weighted by atomic mass is 19.1. The number of oxazole rings is 1. The molecular formula is C23H20FN3O2. The SMILES string of the molecule is CCc1ccc(CN(C)C(=O)c2ccc3oc(-c4cccc(F)c4)nc3c2)nc1. The highest BCUT2D eigenvalue weighted by Crippen LogP contribution is 2.25. The topological polar surface area (TPSA) is 59.2 Å². The first-order valence-corrected chi connectivity index (χ1v) is 9.39. The largest absolute Gasteiger partial charge is 0.436 e. The number of aromatic nitrogens is 2. The number of amides is 1. The van der Waals surface area contributed by atoms with Gasteiger partial charge in [-0.05, 0) is 54.4 Å². The second kappa shape index (κ2) is 7.83. The predicted molar refractivity (Wildman–Crippen MR) is 109 cm³/mol. The van der Waals surface area contributed by atoms with Crippen LogP contribution in [0.5, 0.6) is 0 Å². The summed E-state index contributed by atoms with van der Waals surface area (Å²) in [7, 11) is 1.74. The molecule has 0 fully saturated rings. The van der Waals surface area contributed by atoms with Gasteiger partial charge in [0, 0.05) is 24.4 Å². The van der Waals surface area contributed by atoms with E-state index in [0.717, 1.165) is 17.7 Å². The van der Waals surface area contributed by atoms with E-state index in [0.29, 0.717) is 34.7 Å². The summed E-state index contributed by atoms with van der Waals surface area (Å²) in [5, 5.41) is 0. The zero-order valence-corrected chi connectivity index (χ0v) is 16.2. The van der Waals surface area contributed by atoms with Crippen LogP contribution in [0.3, 0.4) is 0 Å². The Hall–Kier alpha value is -3.54. The molecule has 0 saturated carbocycles. The molecule has 146 valence electrons. The minimum atomic E-state index is -0.358. The van der Waals surface area contributed by atoms with Gasteiger partial charge in [0.15, 0.2) is 5.58 Å². The van der Waals surface area contributed by atoms with Crippen molar-refractivity contribution < 1.29 is 13.6 Å². The van der Waals surface area contributed by atoms with Crippen molar-refractivity contribution in [2.24, 2.45) is 0 Å². The third-order valence-electron chi connectivity index (χ3n) is 4.75. The first kappa shape index (κ1) is 18.8. The predicted octanol–water partition coefficient (Wildman–Crippen LogP) is 4.86. The van der Waals surface area contributed by atoms with Crippen LogP contribution in [0.25, 0.3) is 22.6 Å². The van der Waals surface area contributed by atoms with Gasteiger partial charge < -0.3 is 9.32 Å². The van der Waals surface area contributed by atoms with Gasteiger partial charge >= 0.3 is 0 Å². The fraction of sp³-hybridized carbons (Fsp3) is 0.174. The molecule has 29 heavy (non-hydrogen) atoms. The summed E-state index contributed by atoms with van der Waals surface area (Å²) in [6.45, 7) is 2.49. The average Bonchev–Trinajstić information content (AvgIpc) is 3.17. The standard InChI is InChI=1S/C23H20FN3O2/c1-3-15-7-9-19(25-13-15)14-27(2)23(28)17-8-10-21-20(12-17)26-22(29-21)16-5-4-6-18(24)11-16/h4-13H,3,14H2,1-2H3. The summed E-state index contributed by atoms with van der Waals surface area (Å²) in [5.74, 6) is -0.177. The lowest BCUT2D eigenvalue weighted by molar-refractivity contribution is 0.0783. The molecule has 5 nitrogen and oxygen atoms in total. The number of fused-ring (bicyclic) bond motifs is 1. The normalized spacial score (nSPS) is 11.0. The van der Waals surface area contributed by atoms with Gasteiger partial charge in [0.2, 0.25) is 5.89 Å². The Bertz CT molecular complexity index is 1170. The number of aryl methyl sites for hydroxylation is 1. The number of carbonyl (C=O) groups is 1. The minimum Gasteiger partial charge on any atom is -0.436 e. The van der Waals surface area contributed by atoms with Crippen molar-refractivity contribution in [1.29, 1.82) is 0 Å². The Balaban J connectivity index is 1.55. The van der Waals surface area contributed by atoms with Gasteiger partial charge in [-0.1, -0.05) is 19.1 Å². The van der Waals surface area contributed by atoms with Crippen LogP contribution in [-0.4, -0.2) is 27.8 Å². The quantitative estimate of drug-likeness (QED) is 0.489. The first-order chi connectivity index (χ1) is 14.0. The molecule has 4 aromatic rings. The van der Waals surface area contributed by atoms with Crippen LogP contribution in [0.1, 0.15) is 28.5 Å². The van der Waals surface area contributed by atoms with Crippen molar-refractivity contribution in [3.63, 3.8) is 0 Å². The number of rotatable bonds is 5. The van der Waals surface area contributed by atoms with E-state index in [4.69, 9.17) is 4.42 Å². The summed E-state index contributed by atoms with van der Waals surface area (Å²) in [5.41, 5.74) is 4.13. The number of hydrogen-bond donors (Lipinski definition) is 0. The minimum absolute atomic E-state index is 0.136. The van der Waals surface area contributed by atoms with Gasteiger partial charge in [-0.15, -0.1) is 0 Å². The molecule has 0 saturated heterocycles. The third-order valence-corrected chi connectivity index (χ3v) is 4.75. The monoisotopic (exact) mass is 389 g/mol. The molecule has 0 unspecified atom stereocenters. The highest BCUT2D eigenvalue weighted by Gasteiger charge is 2.16. The Morgan fingerprint density at radius 2 is 2.00 bits per heavy atom. The molecule has 6 heteroatoms. The molecule has 0 aliphatic rings. The molecule has 2 aromatic heterocycles. The van der Waals surface area contributed by atoms with Crippen LogP contribution in [0, 0.1) is 5.82 Å². The maximum Gasteiger partial charge on any atom is 0.254 e. The van der Waals surface area contributed by atoms with E-state index >= 15 is 0 Å². The molecule has 1 amide bonds. The number of nitrogens with zero attached hydrogens (tertiary/aromatic N) is 3. The van der Waals surface area contributed by atoms with Crippen LogP contribution in [0.15, 0.2) is 65.2 Å². The van der Waals surface area contributed by atoms with Crippen LogP contribution in [0.2, 0.25) is 0 Å². The Kier molecular flexibility index (Phi) is 5.08. The number of benzene rings is 2. The number of pyridine rings is 1. The molecule has 0 atom stereocenters. The number of hydrogen-bond acceptors (Lipinski definition) is 4. The maximum atomic E-state index is 13.5. The Morgan fingerprint density at radius 3 is 2.72 bits per heavy atom. The van der Waals surface area contributed by atoms with Crippen molar-refractivity contribution in [1.82, 2.24) is 14.9 Å².